The second-order valence-electron chi connectivity index (χ2n) is 6.08. The van der Waals surface area contributed by atoms with E-state index in [2.05, 4.69) is 39.9 Å². The molecule has 0 bridgehead atoms. The Labute approximate surface area is 174 Å². The first-order chi connectivity index (χ1) is 12.3. The molecule has 0 aliphatic rings. The minimum atomic E-state index is -0.470. The van der Waals surface area contributed by atoms with Crippen molar-refractivity contribution >= 4 is 29.9 Å². The van der Waals surface area contributed by atoms with Crippen molar-refractivity contribution in [3.8, 4) is 0 Å². The number of aliphatic hydroxyl groups excluding tert-OH is 1. The van der Waals surface area contributed by atoms with E-state index in [1.807, 2.05) is 43.3 Å². The van der Waals surface area contributed by atoms with E-state index in [0.29, 0.717) is 13.0 Å². The molecule has 2 rings (SSSR count). The third-order valence-electron chi connectivity index (χ3n) is 3.90. The number of aliphatic imine (C=N–C) groups is 1. The summed E-state index contributed by atoms with van der Waals surface area (Å²) in [6.07, 6.45) is 2.24. The maximum absolute atomic E-state index is 10.2. The first kappa shape index (κ1) is 22.4. The minimum absolute atomic E-state index is 0. The predicted molar refractivity (Wildman–Crippen MR) is 120 cm³/mol. The molecule has 0 fully saturated rings. The fraction of sp³-hybridized carbons (Fsp3) is 0.381. The average Bonchev–Trinajstić information content (AvgIpc) is 2.65. The van der Waals surface area contributed by atoms with Crippen molar-refractivity contribution in [1.82, 2.24) is 10.6 Å². The normalized spacial score (nSPS) is 12.2. The van der Waals surface area contributed by atoms with Gasteiger partial charge in [0, 0.05) is 19.5 Å². The Morgan fingerprint density at radius 1 is 0.962 bits per heavy atom. The first-order valence-corrected chi connectivity index (χ1v) is 9.06. The summed E-state index contributed by atoms with van der Waals surface area (Å²) in [5.74, 6) is 0.766. The summed E-state index contributed by atoms with van der Waals surface area (Å²) in [5.41, 5.74) is 2.48. The van der Waals surface area contributed by atoms with E-state index in [4.69, 9.17) is 0 Å². The number of hydrogen-bond donors (Lipinski definition) is 3. The minimum Gasteiger partial charge on any atom is -0.391 e. The molecule has 26 heavy (non-hydrogen) atoms. The van der Waals surface area contributed by atoms with Crippen LogP contribution in [-0.4, -0.2) is 36.8 Å². The lowest BCUT2D eigenvalue weighted by atomic mass is 10.1. The molecule has 142 valence electrons. The molecule has 3 N–H and O–H groups in total. The highest BCUT2D eigenvalue weighted by Gasteiger charge is 2.05. The SMILES string of the molecule is CCNC(=NCC(O)Cc1ccccc1)NCCCc1ccccc1.I. The molecule has 0 radical (unpaired) electrons. The summed E-state index contributed by atoms with van der Waals surface area (Å²) < 4.78 is 0. The van der Waals surface area contributed by atoms with E-state index in [0.717, 1.165) is 37.5 Å². The molecule has 1 atom stereocenters. The average molecular weight is 467 g/mol. The predicted octanol–water partition coefficient (Wildman–Crippen LogP) is 3.40. The molecule has 0 saturated heterocycles. The van der Waals surface area contributed by atoms with Crippen molar-refractivity contribution < 1.29 is 5.11 Å². The Morgan fingerprint density at radius 3 is 2.19 bits per heavy atom. The van der Waals surface area contributed by atoms with Gasteiger partial charge in [-0.1, -0.05) is 60.7 Å². The highest BCUT2D eigenvalue weighted by atomic mass is 127. The molecule has 0 aliphatic heterocycles. The lowest BCUT2D eigenvalue weighted by Gasteiger charge is -2.13. The Bertz CT molecular complexity index is 620. The van der Waals surface area contributed by atoms with E-state index in [1.54, 1.807) is 0 Å². The van der Waals surface area contributed by atoms with Crippen molar-refractivity contribution in [1.29, 1.82) is 0 Å². The van der Waals surface area contributed by atoms with E-state index < -0.39 is 6.10 Å². The highest BCUT2D eigenvalue weighted by Crippen LogP contribution is 2.03. The van der Waals surface area contributed by atoms with Gasteiger partial charge in [-0.25, -0.2) is 0 Å². The molecule has 0 amide bonds. The number of nitrogens with zero attached hydrogens (tertiary/aromatic N) is 1. The molecule has 2 aromatic carbocycles. The maximum Gasteiger partial charge on any atom is 0.191 e. The molecule has 0 heterocycles. The van der Waals surface area contributed by atoms with Crippen LogP contribution in [0.15, 0.2) is 65.7 Å². The number of halogens is 1. The van der Waals surface area contributed by atoms with Crippen LogP contribution in [0.1, 0.15) is 24.5 Å². The molecular weight excluding hydrogens is 437 g/mol. The van der Waals surface area contributed by atoms with Crippen LogP contribution in [0.3, 0.4) is 0 Å². The number of nitrogens with one attached hydrogen (secondary N) is 2. The largest absolute Gasteiger partial charge is 0.391 e. The van der Waals surface area contributed by atoms with Crippen molar-refractivity contribution in [2.75, 3.05) is 19.6 Å². The second kappa shape index (κ2) is 13.6. The Hall–Kier alpha value is -1.60. The van der Waals surface area contributed by atoms with Gasteiger partial charge in [0.15, 0.2) is 5.96 Å². The summed E-state index contributed by atoms with van der Waals surface area (Å²) in [7, 11) is 0. The quantitative estimate of drug-likeness (QED) is 0.229. The Kier molecular flexibility index (Phi) is 11.7. The molecular formula is C21H30IN3O. The molecule has 0 spiro atoms. The standard InChI is InChI=1S/C21H29N3O.HI/c1-2-22-21(23-15-9-14-18-10-5-3-6-11-18)24-17-20(25)16-19-12-7-4-8-13-19;/h3-8,10-13,20,25H,2,9,14-17H2,1H3,(H2,22,23,24);1H. The van der Waals surface area contributed by atoms with Crippen molar-refractivity contribution in [3.05, 3.63) is 71.8 Å². The van der Waals surface area contributed by atoms with Crippen molar-refractivity contribution in [2.24, 2.45) is 4.99 Å². The van der Waals surface area contributed by atoms with Crippen LogP contribution >= 0.6 is 24.0 Å². The van der Waals surface area contributed by atoms with Gasteiger partial charge in [-0.05, 0) is 30.9 Å². The molecule has 4 nitrogen and oxygen atoms in total. The van der Waals surface area contributed by atoms with Crippen LogP contribution in [-0.2, 0) is 12.8 Å². The van der Waals surface area contributed by atoms with Gasteiger partial charge in [0.05, 0.1) is 12.6 Å². The Morgan fingerprint density at radius 2 is 1.58 bits per heavy atom. The van der Waals surface area contributed by atoms with Crippen LogP contribution in [0.4, 0.5) is 0 Å². The third kappa shape index (κ3) is 9.20. The third-order valence-corrected chi connectivity index (χ3v) is 3.90. The number of aryl methyl sites for hydroxylation is 1. The second-order valence-corrected chi connectivity index (χ2v) is 6.08. The fourth-order valence-electron chi connectivity index (χ4n) is 2.63. The number of hydrogen-bond acceptors (Lipinski definition) is 2. The number of guanidine groups is 1. The van der Waals surface area contributed by atoms with E-state index in [9.17, 15) is 5.11 Å². The van der Waals surface area contributed by atoms with Gasteiger partial charge in [0.1, 0.15) is 0 Å². The van der Waals surface area contributed by atoms with Gasteiger partial charge >= 0.3 is 0 Å². The molecule has 0 aliphatic carbocycles. The zero-order chi connectivity index (χ0) is 17.7. The lowest BCUT2D eigenvalue weighted by Crippen LogP contribution is -2.38. The van der Waals surface area contributed by atoms with Gasteiger partial charge in [-0.3, -0.25) is 4.99 Å². The molecule has 2 aromatic rings. The van der Waals surface area contributed by atoms with Gasteiger partial charge in [0.25, 0.3) is 0 Å². The number of rotatable bonds is 9. The first-order valence-electron chi connectivity index (χ1n) is 9.06. The smallest absolute Gasteiger partial charge is 0.191 e. The van der Waals surface area contributed by atoms with E-state index >= 15 is 0 Å². The Balaban J connectivity index is 0.00000338. The van der Waals surface area contributed by atoms with E-state index in [-0.39, 0.29) is 24.0 Å². The molecule has 5 heteroatoms. The van der Waals surface area contributed by atoms with Gasteiger partial charge < -0.3 is 15.7 Å². The zero-order valence-electron chi connectivity index (χ0n) is 15.4. The summed E-state index contributed by atoms with van der Waals surface area (Å²) in [6, 6.07) is 20.5. The van der Waals surface area contributed by atoms with Crippen LogP contribution in [0.5, 0.6) is 0 Å². The van der Waals surface area contributed by atoms with Gasteiger partial charge in [0.2, 0.25) is 0 Å². The van der Waals surface area contributed by atoms with Crippen LogP contribution in [0.25, 0.3) is 0 Å². The summed E-state index contributed by atoms with van der Waals surface area (Å²) in [5, 5.41) is 16.7. The maximum atomic E-state index is 10.2. The van der Waals surface area contributed by atoms with Crippen LogP contribution in [0, 0.1) is 0 Å². The van der Waals surface area contributed by atoms with Gasteiger partial charge in [-0.15, -0.1) is 24.0 Å². The summed E-state index contributed by atoms with van der Waals surface area (Å²) in [4.78, 5) is 4.50. The topological polar surface area (TPSA) is 56.7 Å². The van der Waals surface area contributed by atoms with Crippen molar-refractivity contribution in [3.63, 3.8) is 0 Å². The molecule has 1 unspecified atom stereocenters. The van der Waals surface area contributed by atoms with Crippen molar-refractivity contribution in [2.45, 2.75) is 32.3 Å². The number of benzene rings is 2. The lowest BCUT2D eigenvalue weighted by molar-refractivity contribution is 0.183. The van der Waals surface area contributed by atoms with Crippen LogP contribution in [0.2, 0.25) is 0 Å². The molecule has 0 saturated carbocycles. The van der Waals surface area contributed by atoms with Gasteiger partial charge in [-0.2, -0.15) is 0 Å². The molecule has 0 aromatic heterocycles. The number of aliphatic hydroxyl groups is 1. The zero-order valence-corrected chi connectivity index (χ0v) is 17.7. The highest BCUT2D eigenvalue weighted by molar-refractivity contribution is 14.0. The summed E-state index contributed by atoms with van der Waals surface area (Å²) >= 11 is 0. The monoisotopic (exact) mass is 467 g/mol. The summed E-state index contributed by atoms with van der Waals surface area (Å²) in [6.45, 7) is 4.10. The van der Waals surface area contributed by atoms with Crippen LogP contribution < -0.4 is 10.6 Å². The van der Waals surface area contributed by atoms with E-state index in [1.165, 1.54) is 5.56 Å². The fourth-order valence-corrected chi connectivity index (χ4v) is 2.63.